The summed E-state index contributed by atoms with van der Waals surface area (Å²) < 4.78 is 25.4. The first-order valence-electron chi connectivity index (χ1n) is 11.3. The number of thiazole rings is 1. The van der Waals surface area contributed by atoms with Gasteiger partial charge in [-0.05, 0) is 37.3 Å². The molecule has 9 nitrogen and oxygen atoms in total. The molecule has 180 valence electrons. The minimum absolute atomic E-state index is 0.0972. The molecular weight excluding hydrogens is 472 g/mol. The number of rotatable bonds is 5. The van der Waals surface area contributed by atoms with Crippen molar-refractivity contribution in [2.45, 2.75) is 37.1 Å². The van der Waals surface area contributed by atoms with E-state index in [4.69, 9.17) is 18.9 Å². The number of hydrogen-bond donors (Lipinski definition) is 3. The third-order valence-electron chi connectivity index (χ3n) is 7.33. The van der Waals surface area contributed by atoms with E-state index in [-0.39, 0.29) is 31.6 Å². The molecule has 0 spiro atoms. The number of fused-ring (bicyclic) bond motifs is 7. The van der Waals surface area contributed by atoms with Crippen molar-refractivity contribution in [3.8, 4) is 34.7 Å². The number of benzene rings is 2. The SMILES string of the molecule is C[C@]12O[C@](CCOc3ccc4c(c3)OCO4)(C[C@@H]1O)c1c2c(O)n(-c2ccc3ncsc3c2)c1O. The highest BCUT2D eigenvalue weighted by Gasteiger charge is 2.66. The summed E-state index contributed by atoms with van der Waals surface area (Å²) in [5.41, 5.74) is 1.99. The summed E-state index contributed by atoms with van der Waals surface area (Å²) in [6, 6.07) is 10.9. The Morgan fingerprint density at radius 3 is 2.83 bits per heavy atom. The Kier molecular flexibility index (Phi) is 4.19. The zero-order chi connectivity index (χ0) is 23.9. The fourth-order valence-corrected chi connectivity index (χ4v) is 6.36. The Bertz CT molecular complexity index is 1500. The summed E-state index contributed by atoms with van der Waals surface area (Å²) in [5.74, 6) is 1.68. The molecule has 0 unspecified atom stereocenters. The van der Waals surface area contributed by atoms with Gasteiger partial charge in [-0.2, -0.15) is 0 Å². The van der Waals surface area contributed by atoms with Crippen molar-refractivity contribution in [3.63, 3.8) is 0 Å². The molecule has 5 heterocycles. The van der Waals surface area contributed by atoms with E-state index in [0.29, 0.717) is 40.5 Å². The maximum atomic E-state index is 11.4. The van der Waals surface area contributed by atoms with Gasteiger partial charge in [0.2, 0.25) is 18.6 Å². The Hall–Kier alpha value is -3.47. The van der Waals surface area contributed by atoms with Crippen LogP contribution in [0.15, 0.2) is 41.9 Å². The van der Waals surface area contributed by atoms with Crippen LogP contribution in [0.2, 0.25) is 0 Å². The van der Waals surface area contributed by atoms with Crippen LogP contribution in [0.5, 0.6) is 29.0 Å². The Balaban J connectivity index is 1.24. The first-order chi connectivity index (χ1) is 16.9. The molecule has 0 amide bonds. The summed E-state index contributed by atoms with van der Waals surface area (Å²) in [4.78, 5) is 4.29. The van der Waals surface area contributed by atoms with E-state index in [1.165, 1.54) is 15.9 Å². The lowest BCUT2D eigenvalue weighted by Gasteiger charge is -2.26. The molecule has 3 N–H and O–H groups in total. The molecule has 3 aliphatic heterocycles. The van der Waals surface area contributed by atoms with E-state index in [2.05, 4.69) is 4.98 Å². The Morgan fingerprint density at radius 1 is 1.11 bits per heavy atom. The third kappa shape index (κ3) is 2.78. The molecule has 1 saturated heterocycles. The van der Waals surface area contributed by atoms with Crippen LogP contribution in [0, 0.1) is 0 Å². The Labute approximate surface area is 203 Å². The molecule has 10 heteroatoms. The number of aliphatic hydroxyl groups excluding tert-OH is 1. The van der Waals surface area contributed by atoms with E-state index in [9.17, 15) is 15.3 Å². The fourth-order valence-electron chi connectivity index (χ4n) is 5.65. The average molecular weight is 495 g/mol. The first kappa shape index (κ1) is 20.9. The van der Waals surface area contributed by atoms with Gasteiger partial charge in [-0.15, -0.1) is 11.3 Å². The second kappa shape index (κ2) is 7.03. The second-order valence-corrected chi connectivity index (χ2v) is 10.2. The van der Waals surface area contributed by atoms with Crippen LogP contribution >= 0.6 is 11.3 Å². The van der Waals surface area contributed by atoms with Gasteiger partial charge in [0.25, 0.3) is 0 Å². The van der Waals surface area contributed by atoms with Crippen LogP contribution in [0.4, 0.5) is 0 Å². The van der Waals surface area contributed by atoms with E-state index in [1.54, 1.807) is 36.7 Å². The van der Waals surface area contributed by atoms with Crippen LogP contribution < -0.4 is 14.2 Å². The predicted molar refractivity (Wildman–Crippen MR) is 126 cm³/mol. The number of aromatic nitrogens is 2. The van der Waals surface area contributed by atoms with Crippen molar-refractivity contribution in [2.24, 2.45) is 0 Å². The van der Waals surface area contributed by atoms with Gasteiger partial charge in [0.1, 0.15) is 17.0 Å². The highest BCUT2D eigenvalue weighted by atomic mass is 32.1. The highest BCUT2D eigenvalue weighted by Crippen LogP contribution is 2.65. The number of aliphatic hydroxyl groups is 1. The maximum Gasteiger partial charge on any atom is 0.231 e. The molecule has 0 saturated carbocycles. The molecule has 1 fully saturated rings. The number of ether oxygens (including phenoxy) is 4. The minimum Gasteiger partial charge on any atom is -0.494 e. The summed E-state index contributed by atoms with van der Waals surface area (Å²) >= 11 is 1.48. The predicted octanol–water partition coefficient (Wildman–Crippen LogP) is 3.90. The van der Waals surface area contributed by atoms with Crippen molar-refractivity contribution in [3.05, 3.63) is 53.0 Å². The van der Waals surface area contributed by atoms with Crippen molar-refractivity contribution in [2.75, 3.05) is 13.4 Å². The van der Waals surface area contributed by atoms with Gasteiger partial charge >= 0.3 is 0 Å². The maximum absolute atomic E-state index is 11.4. The van der Waals surface area contributed by atoms with Gasteiger partial charge in [0.05, 0.1) is 45.3 Å². The van der Waals surface area contributed by atoms with Crippen LogP contribution in [0.3, 0.4) is 0 Å². The van der Waals surface area contributed by atoms with E-state index >= 15 is 0 Å². The summed E-state index contributed by atoms with van der Waals surface area (Å²) in [5, 5.41) is 33.6. The summed E-state index contributed by atoms with van der Waals surface area (Å²) in [6.45, 7) is 2.20. The standard InChI is InChI=1S/C25H22N2O7S/c1-24-19(28)10-25(34-24,6-7-31-14-3-5-16-17(9-14)33-12-32-16)21-20(24)22(29)27(23(21)30)13-2-4-15-18(8-13)35-11-26-15/h2-5,8-9,11,19,28-30H,6-7,10,12H2,1H3/t19-,24-,25+/m0/s1. The molecule has 2 aromatic heterocycles. The summed E-state index contributed by atoms with van der Waals surface area (Å²) in [7, 11) is 0. The summed E-state index contributed by atoms with van der Waals surface area (Å²) in [6.07, 6.45) is -0.191. The van der Waals surface area contributed by atoms with Gasteiger partial charge in [-0.1, -0.05) is 0 Å². The number of nitrogens with zero attached hydrogens (tertiary/aromatic N) is 2. The normalized spacial score (nSPS) is 25.9. The molecule has 7 rings (SSSR count). The molecular formula is C25H22N2O7S. The lowest BCUT2D eigenvalue weighted by Crippen LogP contribution is -2.33. The molecule has 0 aliphatic carbocycles. The van der Waals surface area contributed by atoms with Crippen LogP contribution in [-0.4, -0.2) is 44.4 Å². The van der Waals surface area contributed by atoms with E-state index in [1.807, 2.05) is 12.1 Å². The monoisotopic (exact) mass is 494 g/mol. The fraction of sp³-hybridized carbons (Fsp3) is 0.320. The molecule has 4 aromatic rings. The van der Waals surface area contributed by atoms with Gasteiger partial charge in [-0.3, -0.25) is 4.57 Å². The van der Waals surface area contributed by atoms with Crippen molar-refractivity contribution in [1.29, 1.82) is 0 Å². The largest absolute Gasteiger partial charge is 0.494 e. The van der Waals surface area contributed by atoms with Crippen molar-refractivity contribution >= 4 is 21.6 Å². The highest BCUT2D eigenvalue weighted by molar-refractivity contribution is 7.16. The van der Waals surface area contributed by atoms with E-state index < -0.39 is 17.3 Å². The number of hydrogen-bond acceptors (Lipinski definition) is 9. The van der Waals surface area contributed by atoms with Crippen molar-refractivity contribution < 1.29 is 34.3 Å². The van der Waals surface area contributed by atoms with Crippen molar-refractivity contribution in [1.82, 2.24) is 9.55 Å². The second-order valence-electron chi connectivity index (χ2n) is 9.27. The van der Waals surface area contributed by atoms with Gasteiger partial charge in [0, 0.05) is 18.9 Å². The van der Waals surface area contributed by atoms with E-state index in [0.717, 1.165) is 10.2 Å². The van der Waals surface area contributed by atoms with Crippen LogP contribution in [0.25, 0.3) is 15.9 Å². The lowest BCUT2D eigenvalue weighted by molar-refractivity contribution is -0.107. The molecule has 35 heavy (non-hydrogen) atoms. The quantitative estimate of drug-likeness (QED) is 0.383. The number of aromatic hydroxyl groups is 2. The molecule has 3 aliphatic rings. The molecule has 3 atom stereocenters. The average Bonchev–Trinajstić information content (AvgIpc) is 3.61. The van der Waals surface area contributed by atoms with Gasteiger partial charge < -0.3 is 34.3 Å². The third-order valence-corrected chi connectivity index (χ3v) is 8.12. The molecule has 2 bridgehead atoms. The van der Waals surface area contributed by atoms with Gasteiger partial charge in [-0.25, -0.2) is 4.98 Å². The first-order valence-corrected chi connectivity index (χ1v) is 12.2. The van der Waals surface area contributed by atoms with Gasteiger partial charge in [0.15, 0.2) is 11.5 Å². The molecule has 2 aromatic carbocycles. The lowest BCUT2D eigenvalue weighted by atomic mass is 9.76. The molecule has 0 radical (unpaired) electrons. The Morgan fingerprint density at radius 2 is 1.94 bits per heavy atom. The minimum atomic E-state index is -1.14. The smallest absolute Gasteiger partial charge is 0.231 e. The van der Waals surface area contributed by atoms with Crippen LogP contribution in [0.1, 0.15) is 30.9 Å². The van der Waals surface area contributed by atoms with Crippen LogP contribution in [-0.2, 0) is 15.9 Å². The topological polar surface area (TPSA) is 115 Å². The zero-order valence-electron chi connectivity index (χ0n) is 18.7. The zero-order valence-corrected chi connectivity index (χ0v) is 19.5.